The van der Waals surface area contributed by atoms with E-state index in [0.29, 0.717) is 13.2 Å². The summed E-state index contributed by atoms with van der Waals surface area (Å²) in [5.41, 5.74) is 2.60. The second-order valence-corrected chi connectivity index (χ2v) is 5.83. The fourth-order valence-corrected chi connectivity index (χ4v) is 2.90. The van der Waals surface area contributed by atoms with Gasteiger partial charge in [0.25, 0.3) is 0 Å². The first-order chi connectivity index (χ1) is 9.58. The van der Waals surface area contributed by atoms with Gasteiger partial charge in [-0.1, -0.05) is 18.2 Å². The third-order valence-electron chi connectivity index (χ3n) is 3.74. The molecule has 1 aromatic carbocycles. The summed E-state index contributed by atoms with van der Waals surface area (Å²) < 4.78 is 8.28. The normalized spacial score (nSPS) is 16.9. The van der Waals surface area contributed by atoms with Gasteiger partial charge in [0.1, 0.15) is 5.75 Å². The molecule has 0 N–H and O–H groups in total. The number of rotatable bonds is 2. The minimum atomic E-state index is -0.201. The highest BCUT2D eigenvalue weighted by Gasteiger charge is 2.25. The van der Waals surface area contributed by atoms with E-state index >= 15 is 0 Å². The molecule has 104 valence electrons. The second-order valence-electron chi connectivity index (χ2n) is 5.04. The summed E-state index contributed by atoms with van der Waals surface area (Å²) in [6.45, 7) is 4.96. The quantitative estimate of drug-likeness (QED) is 0.848. The van der Waals surface area contributed by atoms with E-state index in [1.54, 1.807) is 4.57 Å². The van der Waals surface area contributed by atoms with Gasteiger partial charge in [-0.05, 0) is 35.8 Å². The van der Waals surface area contributed by atoms with E-state index in [1.807, 2.05) is 32.0 Å². The highest BCUT2D eigenvalue weighted by molar-refractivity contribution is 9.10. The van der Waals surface area contributed by atoms with Gasteiger partial charge in [-0.25, -0.2) is 4.79 Å². The zero-order chi connectivity index (χ0) is 14.3. The fourth-order valence-electron chi connectivity index (χ4n) is 2.59. The number of hydrogen-bond donors (Lipinski definition) is 0. The zero-order valence-corrected chi connectivity index (χ0v) is 13.0. The molecule has 0 bridgehead atoms. The Balaban J connectivity index is 1.98. The number of aryl methyl sites for hydroxylation is 1. The summed E-state index contributed by atoms with van der Waals surface area (Å²) in [4.78, 5) is 16.2. The van der Waals surface area contributed by atoms with Crippen molar-refractivity contribution in [2.24, 2.45) is 0 Å². The van der Waals surface area contributed by atoms with Crippen molar-refractivity contribution in [3.05, 3.63) is 56.2 Å². The Morgan fingerprint density at radius 2 is 2.15 bits per heavy atom. The summed E-state index contributed by atoms with van der Waals surface area (Å²) in [5, 5.41) is 0. The fraction of sp³-hybridized carbons (Fsp3) is 0.333. The van der Waals surface area contributed by atoms with Crippen LogP contribution >= 0.6 is 15.9 Å². The van der Waals surface area contributed by atoms with Crippen LogP contribution in [0.25, 0.3) is 0 Å². The van der Waals surface area contributed by atoms with Crippen molar-refractivity contribution < 1.29 is 4.74 Å². The predicted octanol–water partition coefficient (Wildman–Crippen LogP) is 2.80. The van der Waals surface area contributed by atoms with Crippen molar-refractivity contribution in [2.45, 2.75) is 26.3 Å². The maximum Gasteiger partial charge on any atom is 0.348 e. The molecule has 0 fully saturated rings. The van der Waals surface area contributed by atoms with E-state index in [4.69, 9.17) is 4.74 Å². The average Bonchev–Trinajstić information content (AvgIpc) is 2.84. The van der Waals surface area contributed by atoms with E-state index in [0.717, 1.165) is 27.2 Å². The Hall–Kier alpha value is -1.62. The molecule has 20 heavy (non-hydrogen) atoms. The van der Waals surface area contributed by atoms with Crippen LogP contribution < -0.4 is 10.4 Å². The molecule has 0 amide bonds. The van der Waals surface area contributed by atoms with Crippen molar-refractivity contribution in [1.29, 1.82) is 0 Å². The standard InChI is InChI=1S/C15H15BrN2O2/c1-9-14(16)10(2)18(15(19)17-9)7-11-8-20-13-6-4-3-5-12(11)13/h3-6,11H,7-8H2,1-2H3. The molecule has 0 spiro atoms. The van der Waals surface area contributed by atoms with E-state index in [9.17, 15) is 4.79 Å². The maximum absolute atomic E-state index is 12.1. The zero-order valence-electron chi connectivity index (χ0n) is 11.4. The average molecular weight is 335 g/mol. The van der Waals surface area contributed by atoms with Crippen LogP contribution in [0.3, 0.4) is 0 Å². The Bertz CT molecular complexity index is 724. The minimum absolute atomic E-state index is 0.194. The van der Waals surface area contributed by atoms with E-state index in [2.05, 4.69) is 27.0 Å². The van der Waals surface area contributed by atoms with Gasteiger partial charge < -0.3 is 4.74 Å². The lowest BCUT2D eigenvalue weighted by Crippen LogP contribution is -2.29. The van der Waals surface area contributed by atoms with Crippen LogP contribution in [0.5, 0.6) is 5.75 Å². The second kappa shape index (κ2) is 5.05. The van der Waals surface area contributed by atoms with Gasteiger partial charge in [0, 0.05) is 23.7 Å². The van der Waals surface area contributed by atoms with Crippen LogP contribution in [-0.4, -0.2) is 16.2 Å². The molecule has 2 heterocycles. The topological polar surface area (TPSA) is 44.1 Å². The number of ether oxygens (including phenoxy) is 1. The number of halogens is 1. The molecule has 1 aliphatic rings. The molecule has 0 aliphatic carbocycles. The molecule has 0 radical (unpaired) electrons. The maximum atomic E-state index is 12.1. The minimum Gasteiger partial charge on any atom is -0.493 e. The molecule has 1 unspecified atom stereocenters. The number of para-hydroxylation sites is 1. The van der Waals surface area contributed by atoms with Gasteiger partial charge in [-0.2, -0.15) is 4.98 Å². The van der Waals surface area contributed by atoms with Crippen LogP contribution in [0.1, 0.15) is 22.9 Å². The molecule has 5 heteroatoms. The van der Waals surface area contributed by atoms with Crippen molar-refractivity contribution >= 4 is 15.9 Å². The number of benzene rings is 1. The monoisotopic (exact) mass is 334 g/mol. The van der Waals surface area contributed by atoms with Gasteiger partial charge in [0.2, 0.25) is 0 Å². The Morgan fingerprint density at radius 3 is 2.95 bits per heavy atom. The highest BCUT2D eigenvalue weighted by atomic mass is 79.9. The van der Waals surface area contributed by atoms with Gasteiger partial charge in [0.15, 0.2) is 0 Å². The summed E-state index contributed by atoms with van der Waals surface area (Å²) >= 11 is 3.49. The Morgan fingerprint density at radius 1 is 1.40 bits per heavy atom. The van der Waals surface area contributed by atoms with Crippen molar-refractivity contribution in [1.82, 2.24) is 9.55 Å². The molecule has 1 aliphatic heterocycles. The summed E-state index contributed by atoms with van der Waals surface area (Å²) in [6, 6.07) is 7.99. The molecular formula is C15H15BrN2O2. The largest absolute Gasteiger partial charge is 0.493 e. The third kappa shape index (κ3) is 2.16. The Kier molecular flexibility index (Phi) is 3.38. The van der Waals surface area contributed by atoms with Crippen LogP contribution in [0.15, 0.2) is 33.5 Å². The first-order valence-corrected chi connectivity index (χ1v) is 7.32. The Labute approximate surface area is 125 Å². The van der Waals surface area contributed by atoms with Crippen molar-refractivity contribution in [2.75, 3.05) is 6.61 Å². The smallest absolute Gasteiger partial charge is 0.348 e. The van der Waals surface area contributed by atoms with Gasteiger partial charge in [0.05, 0.1) is 16.8 Å². The summed E-state index contributed by atoms with van der Waals surface area (Å²) in [7, 11) is 0. The lowest BCUT2D eigenvalue weighted by molar-refractivity contribution is 0.316. The molecule has 2 aromatic rings. The predicted molar refractivity (Wildman–Crippen MR) is 80.3 cm³/mol. The molecule has 1 aromatic heterocycles. The molecule has 0 saturated carbocycles. The van der Waals surface area contributed by atoms with Gasteiger partial charge in [-0.3, -0.25) is 4.57 Å². The summed E-state index contributed by atoms with van der Waals surface area (Å²) in [6.07, 6.45) is 0. The van der Waals surface area contributed by atoms with E-state index in [1.165, 1.54) is 0 Å². The van der Waals surface area contributed by atoms with E-state index in [-0.39, 0.29) is 11.6 Å². The molecular weight excluding hydrogens is 320 g/mol. The van der Waals surface area contributed by atoms with Gasteiger partial charge >= 0.3 is 5.69 Å². The molecule has 3 rings (SSSR count). The SMILES string of the molecule is Cc1nc(=O)n(CC2COc3ccccc32)c(C)c1Br. The third-order valence-corrected chi connectivity index (χ3v) is 4.88. The van der Waals surface area contributed by atoms with E-state index < -0.39 is 0 Å². The lowest BCUT2D eigenvalue weighted by atomic mass is 10.0. The first-order valence-electron chi connectivity index (χ1n) is 6.53. The van der Waals surface area contributed by atoms with Gasteiger partial charge in [-0.15, -0.1) is 0 Å². The molecule has 1 atom stereocenters. The molecule has 0 saturated heterocycles. The van der Waals surface area contributed by atoms with Crippen LogP contribution in [-0.2, 0) is 6.54 Å². The van der Waals surface area contributed by atoms with Crippen LogP contribution in [0.2, 0.25) is 0 Å². The van der Waals surface area contributed by atoms with Crippen molar-refractivity contribution in [3.63, 3.8) is 0 Å². The molecule has 4 nitrogen and oxygen atoms in total. The first kappa shape index (κ1) is 13.4. The number of nitrogens with zero attached hydrogens (tertiary/aromatic N) is 2. The number of fused-ring (bicyclic) bond motifs is 1. The lowest BCUT2D eigenvalue weighted by Gasteiger charge is -2.15. The van der Waals surface area contributed by atoms with Crippen LogP contribution in [0.4, 0.5) is 0 Å². The number of hydrogen-bond acceptors (Lipinski definition) is 3. The summed E-state index contributed by atoms with van der Waals surface area (Å²) in [5.74, 6) is 1.11. The number of aromatic nitrogens is 2. The van der Waals surface area contributed by atoms with Crippen molar-refractivity contribution in [3.8, 4) is 5.75 Å². The highest BCUT2D eigenvalue weighted by Crippen LogP contribution is 2.34. The van der Waals surface area contributed by atoms with Crippen LogP contribution in [0, 0.1) is 13.8 Å².